The standard InChI is InChI=1S/C25H27N3O3/c1-17(2)22-8-4-5-9-23(22)31-18(3)24(29)27-15-19-10-12-21(13-11-19)28-25(30)20-7-6-14-26-16-20/h4-14,16-18H,15H2,1-3H3,(H,27,29)(H,28,30). The Morgan fingerprint density at radius 3 is 2.39 bits per heavy atom. The fourth-order valence-electron chi connectivity index (χ4n) is 3.05. The van der Waals surface area contributed by atoms with Crippen LogP contribution in [0.15, 0.2) is 73.1 Å². The van der Waals surface area contributed by atoms with Crippen molar-refractivity contribution in [2.75, 3.05) is 5.32 Å². The summed E-state index contributed by atoms with van der Waals surface area (Å²) >= 11 is 0. The van der Waals surface area contributed by atoms with Crippen molar-refractivity contribution >= 4 is 17.5 Å². The number of para-hydroxylation sites is 1. The van der Waals surface area contributed by atoms with Crippen molar-refractivity contribution in [1.29, 1.82) is 0 Å². The maximum Gasteiger partial charge on any atom is 0.261 e. The molecule has 160 valence electrons. The van der Waals surface area contributed by atoms with E-state index in [1.807, 2.05) is 36.4 Å². The molecular weight excluding hydrogens is 390 g/mol. The summed E-state index contributed by atoms with van der Waals surface area (Å²) in [5.74, 6) is 0.631. The second kappa shape index (κ2) is 10.4. The third kappa shape index (κ3) is 6.15. The van der Waals surface area contributed by atoms with Gasteiger partial charge >= 0.3 is 0 Å². The molecule has 2 amide bonds. The molecule has 0 aliphatic carbocycles. The van der Waals surface area contributed by atoms with Gasteiger partial charge in [0.15, 0.2) is 6.10 Å². The van der Waals surface area contributed by atoms with E-state index in [2.05, 4.69) is 29.5 Å². The predicted octanol–water partition coefficient (Wildman–Crippen LogP) is 4.54. The first-order valence-electron chi connectivity index (χ1n) is 10.3. The molecule has 0 aliphatic rings. The first-order chi connectivity index (χ1) is 14.9. The zero-order chi connectivity index (χ0) is 22.2. The minimum Gasteiger partial charge on any atom is -0.481 e. The van der Waals surface area contributed by atoms with Gasteiger partial charge in [-0.3, -0.25) is 14.6 Å². The molecule has 3 rings (SSSR count). The van der Waals surface area contributed by atoms with Crippen molar-refractivity contribution in [3.8, 4) is 5.75 Å². The molecule has 2 N–H and O–H groups in total. The van der Waals surface area contributed by atoms with Crippen LogP contribution in [0.4, 0.5) is 5.69 Å². The maximum absolute atomic E-state index is 12.5. The zero-order valence-electron chi connectivity index (χ0n) is 18.0. The SMILES string of the molecule is CC(Oc1ccccc1C(C)C)C(=O)NCc1ccc(NC(=O)c2cccnc2)cc1. The van der Waals surface area contributed by atoms with E-state index in [9.17, 15) is 9.59 Å². The number of hydrogen-bond donors (Lipinski definition) is 2. The summed E-state index contributed by atoms with van der Waals surface area (Å²) in [6.45, 7) is 6.30. The van der Waals surface area contributed by atoms with Crippen molar-refractivity contribution in [3.63, 3.8) is 0 Å². The summed E-state index contributed by atoms with van der Waals surface area (Å²) in [6.07, 6.45) is 2.52. The Morgan fingerprint density at radius 2 is 1.71 bits per heavy atom. The third-order valence-corrected chi connectivity index (χ3v) is 4.82. The summed E-state index contributed by atoms with van der Waals surface area (Å²) in [5.41, 5.74) is 3.16. The van der Waals surface area contributed by atoms with E-state index in [-0.39, 0.29) is 11.8 Å². The van der Waals surface area contributed by atoms with Gasteiger partial charge in [0.05, 0.1) is 5.56 Å². The summed E-state index contributed by atoms with van der Waals surface area (Å²) in [5, 5.41) is 5.72. The third-order valence-electron chi connectivity index (χ3n) is 4.82. The number of nitrogens with zero attached hydrogens (tertiary/aromatic N) is 1. The smallest absolute Gasteiger partial charge is 0.261 e. The summed E-state index contributed by atoms with van der Waals surface area (Å²) < 4.78 is 5.90. The molecule has 0 radical (unpaired) electrons. The molecule has 6 heteroatoms. The summed E-state index contributed by atoms with van der Waals surface area (Å²) in [4.78, 5) is 28.6. The van der Waals surface area contributed by atoms with Crippen molar-refractivity contribution in [3.05, 3.63) is 89.7 Å². The van der Waals surface area contributed by atoms with Crippen molar-refractivity contribution in [1.82, 2.24) is 10.3 Å². The molecule has 1 unspecified atom stereocenters. The minimum atomic E-state index is -0.613. The highest BCUT2D eigenvalue weighted by Crippen LogP contribution is 2.26. The Hall–Kier alpha value is -3.67. The molecule has 1 heterocycles. The molecule has 0 saturated heterocycles. The lowest BCUT2D eigenvalue weighted by atomic mass is 10.0. The van der Waals surface area contributed by atoms with Gasteiger partial charge < -0.3 is 15.4 Å². The number of pyridine rings is 1. The highest BCUT2D eigenvalue weighted by molar-refractivity contribution is 6.04. The summed E-state index contributed by atoms with van der Waals surface area (Å²) in [6, 6.07) is 18.5. The van der Waals surface area contributed by atoms with Gasteiger partial charge in [-0.2, -0.15) is 0 Å². The molecule has 1 atom stereocenters. The van der Waals surface area contributed by atoms with E-state index < -0.39 is 6.10 Å². The lowest BCUT2D eigenvalue weighted by Gasteiger charge is -2.18. The fourth-order valence-corrected chi connectivity index (χ4v) is 3.05. The molecule has 3 aromatic rings. The van der Waals surface area contributed by atoms with Crippen LogP contribution in [0.25, 0.3) is 0 Å². The Bertz CT molecular complexity index is 1020. The Morgan fingerprint density at radius 1 is 0.968 bits per heavy atom. The van der Waals surface area contributed by atoms with Crippen LogP contribution >= 0.6 is 0 Å². The normalized spacial score (nSPS) is 11.6. The lowest BCUT2D eigenvalue weighted by molar-refractivity contribution is -0.127. The molecule has 0 bridgehead atoms. The molecule has 0 saturated carbocycles. The second-order valence-corrected chi connectivity index (χ2v) is 7.56. The van der Waals surface area contributed by atoms with Crippen LogP contribution < -0.4 is 15.4 Å². The molecular formula is C25H27N3O3. The average molecular weight is 418 g/mol. The highest BCUT2D eigenvalue weighted by atomic mass is 16.5. The van der Waals surface area contributed by atoms with Crippen LogP contribution in [0, 0.1) is 0 Å². The van der Waals surface area contributed by atoms with Crippen LogP contribution in [-0.2, 0) is 11.3 Å². The largest absolute Gasteiger partial charge is 0.481 e. The molecule has 31 heavy (non-hydrogen) atoms. The molecule has 0 aliphatic heterocycles. The van der Waals surface area contributed by atoms with Gasteiger partial charge in [0, 0.05) is 24.6 Å². The Balaban J connectivity index is 1.51. The van der Waals surface area contributed by atoms with Crippen LogP contribution in [0.3, 0.4) is 0 Å². The van der Waals surface area contributed by atoms with E-state index in [1.165, 1.54) is 6.20 Å². The van der Waals surface area contributed by atoms with Gasteiger partial charge in [-0.15, -0.1) is 0 Å². The van der Waals surface area contributed by atoms with Crippen LogP contribution in [0.1, 0.15) is 48.2 Å². The van der Waals surface area contributed by atoms with Crippen molar-refractivity contribution < 1.29 is 14.3 Å². The van der Waals surface area contributed by atoms with Gasteiger partial charge in [0.1, 0.15) is 5.75 Å². The Labute approximate surface area is 182 Å². The first-order valence-corrected chi connectivity index (χ1v) is 10.3. The second-order valence-electron chi connectivity index (χ2n) is 7.56. The number of anilines is 1. The molecule has 0 fully saturated rings. The minimum absolute atomic E-state index is 0.187. The van der Waals surface area contributed by atoms with E-state index >= 15 is 0 Å². The van der Waals surface area contributed by atoms with E-state index in [0.29, 0.717) is 23.7 Å². The van der Waals surface area contributed by atoms with Gasteiger partial charge in [-0.1, -0.05) is 44.2 Å². The Kier molecular flexibility index (Phi) is 7.38. The van der Waals surface area contributed by atoms with Gasteiger partial charge in [-0.25, -0.2) is 0 Å². The van der Waals surface area contributed by atoms with E-state index in [1.54, 1.807) is 37.4 Å². The molecule has 6 nitrogen and oxygen atoms in total. The van der Waals surface area contributed by atoms with Crippen LogP contribution in [0.5, 0.6) is 5.75 Å². The first kappa shape index (κ1) is 22.0. The number of amides is 2. The summed E-state index contributed by atoms with van der Waals surface area (Å²) in [7, 11) is 0. The number of rotatable bonds is 8. The number of aromatic nitrogens is 1. The molecule has 2 aromatic carbocycles. The van der Waals surface area contributed by atoms with Crippen molar-refractivity contribution in [2.45, 2.75) is 39.3 Å². The maximum atomic E-state index is 12.5. The van der Waals surface area contributed by atoms with Gasteiger partial charge in [0.25, 0.3) is 11.8 Å². The number of hydrogen-bond acceptors (Lipinski definition) is 4. The quantitative estimate of drug-likeness (QED) is 0.564. The predicted molar refractivity (Wildman–Crippen MR) is 121 cm³/mol. The van der Waals surface area contributed by atoms with Gasteiger partial charge in [-0.05, 0) is 54.3 Å². The van der Waals surface area contributed by atoms with Crippen molar-refractivity contribution in [2.24, 2.45) is 0 Å². The number of ether oxygens (including phenoxy) is 1. The number of benzene rings is 2. The number of carbonyl (C=O) groups is 2. The lowest BCUT2D eigenvalue weighted by Crippen LogP contribution is -2.36. The van der Waals surface area contributed by atoms with E-state index in [4.69, 9.17) is 4.74 Å². The average Bonchev–Trinajstić information content (AvgIpc) is 2.79. The van der Waals surface area contributed by atoms with Crippen LogP contribution in [-0.4, -0.2) is 22.9 Å². The number of carbonyl (C=O) groups excluding carboxylic acids is 2. The molecule has 0 spiro atoms. The number of nitrogens with one attached hydrogen (secondary N) is 2. The zero-order valence-corrected chi connectivity index (χ0v) is 18.0. The fraction of sp³-hybridized carbons (Fsp3) is 0.240. The monoisotopic (exact) mass is 417 g/mol. The van der Waals surface area contributed by atoms with E-state index in [0.717, 1.165) is 16.9 Å². The molecule has 1 aromatic heterocycles. The van der Waals surface area contributed by atoms with Crippen LogP contribution in [0.2, 0.25) is 0 Å². The highest BCUT2D eigenvalue weighted by Gasteiger charge is 2.17. The van der Waals surface area contributed by atoms with Gasteiger partial charge in [0.2, 0.25) is 0 Å². The topological polar surface area (TPSA) is 80.3 Å².